The third-order valence-electron chi connectivity index (χ3n) is 3.68. The van der Waals surface area contributed by atoms with Crippen LogP contribution in [0.25, 0.3) is 0 Å². The summed E-state index contributed by atoms with van der Waals surface area (Å²) in [6.07, 6.45) is -4.20. The van der Waals surface area contributed by atoms with Crippen molar-refractivity contribution in [1.82, 2.24) is 9.29 Å². The first-order valence-electron chi connectivity index (χ1n) is 7.23. The zero-order chi connectivity index (χ0) is 19.1. The van der Waals surface area contributed by atoms with Crippen LogP contribution in [0.5, 0.6) is 5.88 Å². The van der Waals surface area contributed by atoms with E-state index >= 15 is 0 Å². The molecule has 1 aliphatic rings. The highest BCUT2D eigenvalue weighted by Crippen LogP contribution is 2.36. The average molecular weight is 427 g/mol. The van der Waals surface area contributed by atoms with Gasteiger partial charge < -0.3 is 4.74 Å². The monoisotopic (exact) mass is 426 g/mol. The fraction of sp³-hybridized carbons (Fsp3) is 0.267. The number of ether oxygens (including phenoxy) is 1. The number of benzene rings is 1. The first kappa shape index (κ1) is 19.2. The number of rotatable bonds is 4. The van der Waals surface area contributed by atoms with Gasteiger partial charge in [0.25, 0.3) is 0 Å². The summed E-state index contributed by atoms with van der Waals surface area (Å²) in [4.78, 5) is 3.42. The van der Waals surface area contributed by atoms with Crippen molar-refractivity contribution in [1.29, 1.82) is 0 Å². The summed E-state index contributed by atoms with van der Waals surface area (Å²) in [5, 5.41) is 0.201. The lowest BCUT2D eigenvalue weighted by atomic mass is 10.2. The molecule has 1 aromatic heterocycles. The first-order valence-corrected chi connectivity index (χ1v) is 9.42. The summed E-state index contributed by atoms with van der Waals surface area (Å²) in [6, 6.07) is 6.02. The lowest BCUT2D eigenvalue weighted by Gasteiger charge is -2.37. The highest BCUT2D eigenvalue weighted by atomic mass is 35.5. The van der Waals surface area contributed by atoms with Crippen molar-refractivity contribution in [3.63, 3.8) is 0 Å². The third kappa shape index (κ3) is 3.75. The van der Waals surface area contributed by atoms with E-state index in [0.717, 1.165) is 16.4 Å². The Hall–Kier alpha value is -1.55. The van der Waals surface area contributed by atoms with Gasteiger partial charge in [-0.3, -0.25) is 0 Å². The van der Waals surface area contributed by atoms with E-state index < -0.39 is 33.7 Å². The number of nitrogens with zero attached hydrogens (tertiary/aromatic N) is 2. The Morgan fingerprint density at radius 3 is 2.54 bits per heavy atom. The Morgan fingerprint density at radius 1 is 1.19 bits per heavy atom. The molecule has 0 radical (unpaired) electrons. The highest BCUT2D eigenvalue weighted by Gasteiger charge is 2.41. The Kier molecular flexibility index (Phi) is 5.08. The van der Waals surface area contributed by atoms with Crippen molar-refractivity contribution in [2.75, 3.05) is 13.1 Å². The highest BCUT2D eigenvalue weighted by molar-refractivity contribution is 7.89. The summed E-state index contributed by atoms with van der Waals surface area (Å²) in [7, 11) is -3.92. The number of aromatic nitrogens is 1. The maximum atomic E-state index is 12.9. The van der Waals surface area contributed by atoms with E-state index in [9.17, 15) is 21.6 Å². The fourth-order valence-electron chi connectivity index (χ4n) is 2.34. The van der Waals surface area contributed by atoms with Gasteiger partial charge in [0.15, 0.2) is 0 Å². The zero-order valence-corrected chi connectivity index (χ0v) is 15.2. The van der Waals surface area contributed by atoms with Crippen molar-refractivity contribution < 1.29 is 26.3 Å². The lowest BCUT2D eigenvalue weighted by Crippen LogP contribution is -2.56. The van der Waals surface area contributed by atoms with E-state index in [-0.39, 0.29) is 28.0 Å². The molecule has 140 valence electrons. The molecule has 26 heavy (non-hydrogen) atoms. The van der Waals surface area contributed by atoms with Gasteiger partial charge in [0, 0.05) is 11.2 Å². The molecule has 1 aliphatic heterocycles. The summed E-state index contributed by atoms with van der Waals surface area (Å²) < 4.78 is 70.2. The molecule has 0 atom stereocenters. The fourth-order valence-corrected chi connectivity index (χ4v) is 4.58. The number of pyridine rings is 1. The second kappa shape index (κ2) is 6.88. The molecule has 1 fully saturated rings. The van der Waals surface area contributed by atoms with Gasteiger partial charge in [-0.15, -0.1) is 0 Å². The molecular weight excluding hydrogens is 416 g/mol. The van der Waals surface area contributed by atoms with Crippen LogP contribution in [0.3, 0.4) is 0 Å². The smallest absolute Gasteiger partial charge is 0.421 e. The number of alkyl halides is 3. The van der Waals surface area contributed by atoms with Crippen LogP contribution >= 0.6 is 23.2 Å². The van der Waals surface area contributed by atoms with Crippen LogP contribution in [-0.2, 0) is 16.2 Å². The standard InChI is InChI=1S/C15H11Cl2F3N2O3S/c16-9-3-4-12(17)13(6-9)26(23,24)22-7-10(8-22)25-14-11(15(18,19)20)2-1-5-21-14/h1-6,10H,7-8H2. The van der Waals surface area contributed by atoms with Gasteiger partial charge in [-0.2, -0.15) is 17.5 Å². The van der Waals surface area contributed by atoms with E-state index in [1.807, 2.05) is 0 Å². The number of sulfonamides is 1. The molecule has 0 aliphatic carbocycles. The second-order valence-corrected chi connectivity index (χ2v) is 8.24. The second-order valence-electron chi connectivity index (χ2n) is 5.49. The molecule has 2 heterocycles. The predicted octanol–water partition coefficient (Wildman–Crippen LogP) is 3.86. The van der Waals surface area contributed by atoms with Gasteiger partial charge in [-0.05, 0) is 30.3 Å². The Balaban J connectivity index is 1.73. The van der Waals surface area contributed by atoms with Crippen molar-refractivity contribution in [2.45, 2.75) is 17.2 Å². The van der Waals surface area contributed by atoms with Crippen LogP contribution in [0.2, 0.25) is 10.0 Å². The average Bonchev–Trinajstić information content (AvgIpc) is 2.52. The lowest BCUT2D eigenvalue weighted by molar-refractivity contribution is -0.140. The maximum Gasteiger partial charge on any atom is 0.421 e. The van der Waals surface area contributed by atoms with Crippen molar-refractivity contribution in [2.24, 2.45) is 0 Å². The van der Waals surface area contributed by atoms with Crippen LogP contribution in [-0.4, -0.2) is 36.9 Å². The van der Waals surface area contributed by atoms with Crippen LogP contribution in [0, 0.1) is 0 Å². The minimum absolute atomic E-state index is 0.00264. The molecule has 0 bridgehead atoms. The summed E-state index contributed by atoms with van der Waals surface area (Å²) in [6.45, 7) is -0.252. The molecule has 0 N–H and O–H groups in total. The third-order valence-corrected chi connectivity index (χ3v) is 6.23. The number of halogens is 5. The maximum absolute atomic E-state index is 12.9. The van der Waals surface area contributed by atoms with Crippen LogP contribution in [0.4, 0.5) is 13.2 Å². The van der Waals surface area contributed by atoms with Crippen molar-refractivity contribution >= 4 is 33.2 Å². The first-order chi connectivity index (χ1) is 12.1. The summed E-state index contributed by atoms with van der Waals surface area (Å²) in [5.41, 5.74) is -1.01. The Morgan fingerprint density at radius 2 is 1.88 bits per heavy atom. The molecule has 0 unspecified atom stereocenters. The molecule has 11 heteroatoms. The molecule has 0 spiro atoms. The largest absolute Gasteiger partial charge is 0.471 e. The number of hydrogen-bond acceptors (Lipinski definition) is 4. The van der Waals surface area contributed by atoms with E-state index in [2.05, 4.69) is 4.98 Å². The predicted molar refractivity (Wildman–Crippen MR) is 88.9 cm³/mol. The molecule has 1 aromatic carbocycles. The molecule has 5 nitrogen and oxygen atoms in total. The van der Waals surface area contributed by atoms with E-state index in [1.54, 1.807) is 0 Å². The van der Waals surface area contributed by atoms with E-state index in [4.69, 9.17) is 27.9 Å². The van der Waals surface area contributed by atoms with Gasteiger partial charge in [-0.25, -0.2) is 13.4 Å². The topological polar surface area (TPSA) is 59.5 Å². The van der Waals surface area contributed by atoms with Crippen molar-refractivity contribution in [3.05, 3.63) is 52.1 Å². The molecule has 3 rings (SSSR count). The minimum atomic E-state index is -4.62. The van der Waals surface area contributed by atoms with Gasteiger partial charge in [0.1, 0.15) is 16.6 Å². The Labute approximate surface area is 157 Å². The van der Waals surface area contributed by atoms with E-state index in [0.29, 0.717) is 0 Å². The normalized spacial score (nSPS) is 16.3. The van der Waals surface area contributed by atoms with Crippen LogP contribution in [0.15, 0.2) is 41.4 Å². The van der Waals surface area contributed by atoms with Gasteiger partial charge in [0.2, 0.25) is 15.9 Å². The van der Waals surface area contributed by atoms with E-state index in [1.165, 1.54) is 24.4 Å². The molecule has 1 saturated heterocycles. The quantitative estimate of drug-likeness (QED) is 0.744. The van der Waals surface area contributed by atoms with Crippen LogP contribution in [0.1, 0.15) is 5.56 Å². The van der Waals surface area contributed by atoms with Gasteiger partial charge >= 0.3 is 6.18 Å². The molecule has 0 saturated carbocycles. The zero-order valence-electron chi connectivity index (χ0n) is 12.9. The molecule has 0 amide bonds. The summed E-state index contributed by atoms with van der Waals surface area (Å²) >= 11 is 11.7. The Bertz CT molecular complexity index is 932. The van der Waals surface area contributed by atoms with Gasteiger partial charge in [-0.1, -0.05) is 23.2 Å². The van der Waals surface area contributed by atoms with Crippen LogP contribution < -0.4 is 4.74 Å². The SMILES string of the molecule is O=S(=O)(c1cc(Cl)ccc1Cl)N1CC(Oc2ncccc2C(F)(F)F)C1. The van der Waals surface area contributed by atoms with Crippen molar-refractivity contribution in [3.8, 4) is 5.88 Å². The summed E-state index contributed by atoms with van der Waals surface area (Å²) in [5.74, 6) is -0.581. The minimum Gasteiger partial charge on any atom is -0.471 e. The molecule has 2 aromatic rings. The molecular formula is C15H11Cl2F3N2O3S. The number of hydrogen-bond donors (Lipinski definition) is 0. The van der Waals surface area contributed by atoms with Gasteiger partial charge in [0.05, 0.1) is 18.1 Å².